The molecule has 0 saturated heterocycles. The maximum Gasteiger partial charge on any atom is 0.243 e. The highest BCUT2D eigenvalue weighted by Crippen LogP contribution is 2.10. The molecule has 5 heteroatoms. The Morgan fingerprint density at radius 2 is 1.44 bits per heavy atom. The van der Waals surface area contributed by atoms with Gasteiger partial charge in [0.25, 0.3) is 0 Å². The van der Waals surface area contributed by atoms with E-state index in [4.69, 9.17) is 17.4 Å². The van der Waals surface area contributed by atoms with Crippen LogP contribution in [0.4, 0.5) is 0 Å². The van der Waals surface area contributed by atoms with Crippen LogP contribution in [0.25, 0.3) is 0 Å². The van der Waals surface area contributed by atoms with E-state index >= 15 is 0 Å². The van der Waals surface area contributed by atoms with E-state index in [0.29, 0.717) is 6.42 Å². The predicted molar refractivity (Wildman–Crippen MR) is 73.1 cm³/mol. The van der Waals surface area contributed by atoms with E-state index in [1.165, 1.54) is 19.3 Å². The minimum absolute atomic E-state index is 0.290. The molecule has 0 aromatic heterocycles. The van der Waals surface area contributed by atoms with E-state index < -0.39 is 0 Å². The zero-order chi connectivity index (χ0) is 12.2. The molecule has 0 bridgehead atoms. The third kappa shape index (κ3) is 11.9. The average molecular weight is 263 g/mol. The molecule has 2 N–H and O–H groups in total. The highest BCUT2D eigenvalue weighted by atomic mass is 32.1. The van der Waals surface area contributed by atoms with Crippen molar-refractivity contribution < 1.29 is 10.0 Å². The van der Waals surface area contributed by atoms with Crippen LogP contribution in [0.5, 0.6) is 0 Å². The van der Waals surface area contributed by atoms with Gasteiger partial charge in [0.2, 0.25) is 5.91 Å². The first-order valence-corrected chi connectivity index (χ1v) is 6.67. The molecule has 0 radical (unpaired) electrons. The van der Waals surface area contributed by atoms with E-state index in [0.717, 1.165) is 36.3 Å². The first-order valence-electron chi connectivity index (χ1n) is 5.81. The molecule has 0 spiro atoms. The number of carbonyl (C=O) groups is 1. The largest absolute Gasteiger partial charge is 0.289 e. The van der Waals surface area contributed by atoms with Crippen LogP contribution >= 0.6 is 24.8 Å². The number of hydrogen-bond acceptors (Lipinski definition) is 3. The zero-order valence-electron chi connectivity index (χ0n) is 9.57. The lowest BCUT2D eigenvalue weighted by Crippen LogP contribution is -2.17. The van der Waals surface area contributed by atoms with Crippen LogP contribution in [0, 0.1) is 0 Å². The lowest BCUT2D eigenvalue weighted by Gasteiger charge is -2.01. The second-order valence-electron chi connectivity index (χ2n) is 3.90. The number of thiol groups is 1. The molecule has 0 unspecified atom stereocenters. The van der Waals surface area contributed by atoms with Crippen LogP contribution in [-0.2, 0) is 4.79 Å². The molecule has 0 saturated carbocycles. The average Bonchev–Trinajstić information content (AvgIpc) is 2.26. The summed E-state index contributed by atoms with van der Waals surface area (Å²) in [5, 5.41) is 8.26. The summed E-state index contributed by atoms with van der Waals surface area (Å²) in [4.78, 5) is 10.7. The summed E-state index contributed by atoms with van der Waals surface area (Å²) >= 11 is 8.94. The van der Waals surface area contributed by atoms with Crippen molar-refractivity contribution in [2.24, 2.45) is 0 Å². The first kappa shape index (κ1) is 15.9. The maximum absolute atomic E-state index is 10.7. The van der Waals surface area contributed by atoms with Gasteiger partial charge < -0.3 is 0 Å². The van der Waals surface area contributed by atoms with Crippen molar-refractivity contribution in [3.63, 3.8) is 0 Å². The molecule has 0 rings (SSSR count). The van der Waals surface area contributed by atoms with Gasteiger partial charge in [-0.3, -0.25) is 10.0 Å². The summed E-state index contributed by atoms with van der Waals surface area (Å²) < 4.78 is 0.801. The minimum Gasteiger partial charge on any atom is -0.289 e. The Hall–Kier alpha value is -0.130. The summed E-state index contributed by atoms with van der Waals surface area (Å²) in [7, 11) is 0. The standard InChI is InChI=1S/C11H21NO2S2/c13-10(12-14)8-6-4-2-1-3-5-7-9-11(15)16/h14H,1-9H2,(H,12,13)(H,15,16). The number of hydrogen-bond donors (Lipinski definition) is 3. The Labute approximate surface area is 108 Å². The van der Waals surface area contributed by atoms with Crippen LogP contribution in [-0.4, -0.2) is 15.3 Å². The van der Waals surface area contributed by atoms with Gasteiger partial charge in [0.05, 0.1) is 0 Å². The van der Waals surface area contributed by atoms with Gasteiger partial charge in [-0.05, 0) is 19.3 Å². The molecule has 0 heterocycles. The summed E-state index contributed by atoms with van der Waals surface area (Å²) in [6.45, 7) is 0. The molecule has 0 aromatic rings. The highest BCUT2D eigenvalue weighted by Gasteiger charge is 1.98. The van der Waals surface area contributed by atoms with Crippen LogP contribution in [0.3, 0.4) is 0 Å². The van der Waals surface area contributed by atoms with E-state index in [-0.39, 0.29) is 5.91 Å². The van der Waals surface area contributed by atoms with Crippen LogP contribution in [0.15, 0.2) is 0 Å². The van der Waals surface area contributed by atoms with Crippen LogP contribution in [0.1, 0.15) is 57.8 Å². The van der Waals surface area contributed by atoms with Crippen molar-refractivity contribution in [3.8, 4) is 0 Å². The second kappa shape index (κ2) is 11.4. The summed E-state index contributed by atoms with van der Waals surface area (Å²) in [6.07, 6.45) is 9.20. The van der Waals surface area contributed by atoms with E-state index in [2.05, 4.69) is 12.6 Å². The van der Waals surface area contributed by atoms with E-state index in [1.807, 2.05) is 0 Å². The fourth-order valence-corrected chi connectivity index (χ4v) is 1.80. The molecule has 0 aromatic carbocycles. The van der Waals surface area contributed by atoms with Crippen LogP contribution < -0.4 is 5.48 Å². The number of nitrogens with one attached hydrogen (secondary N) is 1. The van der Waals surface area contributed by atoms with E-state index in [9.17, 15) is 4.79 Å². The van der Waals surface area contributed by atoms with Crippen LogP contribution in [0.2, 0.25) is 0 Å². The number of rotatable bonds is 10. The molecule has 3 nitrogen and oxygen atoms in total. The first-order chi connectivity index (χ1) is 7.66. The van der Waals surface area contributed by atoms with Gasteiger partial charge in [-0.15, -0.1) is 12.6 Å². The predicted octanol–water partition coefficient (Wildman–Crippen LogP) is 3.26. The lowest BCUT2D eigenvalue weighted by molar-refractivity contribution is -0.129. The van der Waals surface area contributed by atoms with Gasteiger partial charge in [-0.25, -0.2) is 5.48 Å². The van der Waals surface area contributed by atoms with Gasteiger partial charge in [0.1, 0.15) is 0 Å². The number of hydroxylamine groups is 1. The third-order valence-corrected chi connectivity index (χ3v) is 2.85. The van der Waals surface area contributed by atoms with Crippen molar-refractivity contribution in [1.82, 2.24) is 5.48 Å². The van der Waals surface area contributed by atoms with Crippen molar-refractivity contribution in [2.45, 2.75) is 57.8 Å². The summed E-state index contributed by atoms with van der Waals surface area (Å²) in [5.41, 5.74) is 1.64. The molecular weight excluding hydrogens is 242 g/mol. The Morgan fingerprint density at radius 3 is 1.88 bits per heavy atom. The van der Waals surface area contributed by atoms with Gasteiger partial charge in [0.15, 0.2) is 0 Å². The van der Waals surface area contributed by atoms with Gasteiger partial charge in [-0.1, -0.05) is 44.3 Å². The maximum atomic E-state index is 10.7. The fraction of sp³-hybridized carbons (Fsp3) is 0.818. The molecule has 0 fully saturated rings. The summed E-state index contributed by atoms with van der Waals surface area (Å²) in [6, 6.07) is 0. The normalized spacial score (nSPS) is 10.1. The monoisotopic (exact) mass is 263 g/mol. The Bertz CT molecular complexity index is 210. The lowest BCUT2D eigenvalue weighted by atomic mass is 10.1. The SMILES string of the molecule is O=C(CCCCCCCCCC(=S)S)NO. The zero-order valence-corrected chi connectivity index (χ0v) is 11.3. The Balaban J connectivity index is 3.04. The number of carbonyl (C=O) groups excluding carboxylic acids is 1. The van der Waals surface area contributed by atoms with Crippen molar-refractivity contribution >= 4 is 35.0 Å². The fourth-order valence-electron chi connectivity index (χ4n) is 1.50. The number of amides is 1. The minimum atomic E-state index is -0.290. The topological polar surface area (TPSA) is 49.3 Å². The number of thiocarbonyl (C=S) groups is 1. The third-order valence-electron chi connectivity index (χ3n) is 2.42. The molecule has 1 amide bonds. The molecule has 16 heavy (non-hydrogen) atoms. The van der Waals surface area contributed by atoms with E-state index in [1.54, 1.807) is 5.48 Å². The van der Waals surface area contributed by atoms with Gasteiger partial charge in [-0.2, -0.15) is 0 Å². The Kier molecular flexibility index (Phi) is 11.3. The Morgan fingerprint density at radius 1 is 1.00 bits per heavy atom. The molecule has 0 atom stereocenters. The molecular formula is C11H21NO2S2. The highest BCUT2D eigenvalue weighted by molar-refractivity contribution is 8.11. The molecule has 0 aliphatic carbocycles. The van der Waals surface area contributed by atoms with Crippen molar-refractivity contribution in [2.75, 3.05) is 0 Å². The van der Waals surface area contributed by atoms with Crippen molar-refractivity contribution in [1.29, 1.82) is 0 Å². The van der Waals surface area contributed by atoms with Gasteiger partial charge >= 0.3 is 0 Å². The number of unbranched alkanes of at least 4 members (excludes halogenated alkanes) is 6. The van der Waals surface area contributed by atoms with Crippen molar-refractivity contribution in [3.05, 3.63) is 0 Å². The smallest absolute Gasteiger partial charge is 0.243 e. The molecule has 0 aliphatic heterocycles. The molecule has 0 aliphatic rings. The second-order valence-corrected chi connectivity index (χ2v) is 5.24. The quantitative estimate of drug-likeness (QED) is 0.186. The molecule has 94 valence electrons. The van der Waals surface area contributed by atoms with Gasteiger partial charge in [0, 0.05) is 10.6 Å². The summed E-state index contributed by atoms with van der Waals surface area (Å²) in [5.74, 6) is -0.290.